The quantitative estimate of drug-likeness (QED) is 0.841. The number of rotatable bonds is 5. The molecular formula is C13H24N4O. The molecule has 1 aromatic rings. The van der Waals surface area contributed by atoms with Crippen molar-refractivity contribution in [3.63, 3.8) is 0 Å². The zero-order chi connectivity index (χ0) is 13.1. The molecule has 2 atom stereocenters. The number of nitrogens with zero attached hydrogens (tertiary/aromatic N) is 2. The third-order valence-electron chi connectivity index (χ3n) is 3.65. The summed E-state index contributed by atoms with van der Waals surface area (Å²) in [5, 5.41) is 8.00. The van der Waals surface area contributed by atoms with E-state index >= 15 is 0 Å². The standard InChI is InChI=1S/C13H24N4O/c1-4-6-17-13(12(14)10(3)16-17)15-9(2)11-5-7-18-8-11/h9,11,15H,4-8,14H2,1-3H3. The molecule has 0 aromatic carbocycles. The van der Waals surface area contributed by atoms with E-state index in [1.807, 2.05) is 11.6 Å². The number of hydrogen-bond donors (Lipinski definition) is 2. The van der Waals surface area contributed by atoms with Crippen molar-refractivity contribution in [3.05, 3.63) is 5.69 Å². The average Bonchev–Trinajstić information content (AvgIpc) is 2.94. The van der Waals surface area contributed by atoms with Crippen molar-refractivity contribution in [1.29, 1.82) is 0 Å². The highest BCUT2D eigenvalue weighted by molar-refractivity contribution is 5.65. The second-order valence-electron chi connectivity index (χ2n) is 5.13. The number of nitrogens with one attached hydrogen (secondary N) is 1. The molecule has 102 valence electrons. The van der Waals surface area contributed by atoms with Gasteiger partial charge in [-0.15, -0.1) is 0 Å². The van der Waals surface area contributed by atoms with Gasteiger partial charge in [-0.1, -0.05) is 6.92 Å². The van der Waals surface area contributed by atoms with E-state index in [4.69, 9.17) is 10.5 Å². The van der Waals surface area contributed by atoms with Crippen LogP contribution in [-0.4, -0.2) is 29.0 Å². The summed E-state index contributed by atoms with van der Waals surface area (Å²) in [4.78, 5) is 0. The van der Waals surface area contributed by atoms with Crippen LogP contribution in [0.1, 0.15) is 32.4 Å². The molecule has 2 rings (SSSR count). The third kappa shape index (κ3) is 2.61. The number of nitrogen functional groups attached to an aromatic ring is 1. The molecule has 0 bridgehead atoms. The first kappa shape index (κ1) is 13.2. The Hall–Kier alpha value is -1.23. The molecule has 1 aromatic heterocycles. The molecule has 0 amide bonds. The number of aryl methyl sites for hydroxylation is 2. The van der Waals surface area contributed by atoms with Crippen LogP contribution in [0.5, 0.6) is 0 Å². The minimum atomic E-state index is 0.363. The van der Waals surface area contributed by atoms with E-state index in [2.05, 4.69) is 24.3 Å². The number of ether oxygens (including phenoxy) is 1. The smallest absolute Gasteiger partial charge is 0.148 e. The molecule has 1 saturated heterocycles. The van der Waals surface area contributed by atoms with Gasteiger partial charge in [-0.05, 0) is 26.7 Å². The van der Waals surface area contributed by atoms with Crippen molar-refractivity contribution in [2.45, 2.75) is 46.2 Å². The molecule has 0 aliphatic carbocycles. The highest BCUT2D eigenvalue weighted by atomic mass is 16.5. The Morgan fingerprint density at radius 3 is 3.00 bits per heavy atom. The van der Waals surface area contributed by atoms with Gasteiger partial charge in [-0.2, -0.15) is 5.10 Å². The SMILES string of the molecule is CCCn1nc(C)c(N)c1NC(C)C1CCOC1. The van der Waals surface area contributed by atoms with Crippen molar-refractivity contribution in [1.82, 2.24) is 9.78 Å². The zero-order valence-corrected chi connectivity index (χ0v) is 11.6. The Balaban J connectivity index is 2.11. The summed E-state index contributed by atoms with van der Waals surface area (Å²) >= 11 is 0. The average molecular weight is 252 g/mol. The van der Waals surface area contributed by atoms with Crippen LogP contribution in [-0.2, 0) is 11.3 Å². The molecule has 1 aliphatic heterocycles. The second-order valence-corrected chi connectivity index (χ2v) is 5.13. The molecule has 2 heterocycles. The van der Waals surface area contributed by atoms with Gasteiger partial charge in [0.15, 0.2) is 0 Å². The Morgan fingerprint density at radius 1 is 1.61 bits per heavy atom. The summed E-state index contributed by atoms with van der Waals surface area (Å²) in [6, 6.07) is 0.363. The van der Waals surface area contributed by atoms with Gasteiger partial charge < -0.3 is 15.8 Å². The number of hydrogen-bond acceptors (Lipinski definition) is 4. The third-order valence-corrected chi connectivity index (χ3v) is 3.65. The number of nitrogens with two attached hydrogens (primary N) is 1. The molecule has 0 saturated carbocycles. The predicted octanol–water partition coefficient (Wildman–Crippen LogP) is 2.02. The van der Waals surface area contributed by atoms with Crippen LogP contribution < -0.4 is 11.1 Å². The summed E-state index contributed by atoms with van der Waals surface area (Å²) in [6.45, 7) is 8.90. The lowest BCUT2D eigenvalue weighted by Gasteiger charge is -2.21. The molecule has 2 unspecified atom stereocenters. The summed E-state index contributed by atoms with van der Waals surface area (Å²) < 4.78 is 7.42. The van der Waals surface area contributed by atoms with Crippen LogP contribution in [0.25, 0.3) is 0 Å². The van der Waals surface area contributed by atoms with Crippen LogP contribution in [0.3, 0.4) is 0 Å². The maximum atomic E-state index is 6.10. The van der Waals surface area contributed by atoms with E-state index in [-0.39, 0.29) is 0 Å². The van der Waals surface area contributed by atoms with Gasteiger partial charge in [-0.3, -0.25) is 0 Å². The highest BCUT2D eigenvalue weighted by Crippen LogP contribution is 2.26. The van der Waals surface area contributed by atoms with Crippen molar-refractivity contribution in [3.8, 4) is 0 Å². The Morgan fingerprint density at radius 2 is 2.39 bits per heavy atom. The Bertz CT molecular complexity index is 396. The minimum absolute atomic E-state index is 0.363. The van der Waals surface area contributed by atoms with Gasteiger partial charge in [0.05, 0.1) is 18.0 Å². The van der Waals surface area contributed by atoms with Gasteiger partial charge in [0.2, 0.25) is 0 Å². The molecular weight excluding hydrogens is 228 g/mol. The topological polar surface area (TPSA) is 65.1 Å². The largest absolute Gasteiger partial charge is 0.394 e. The molecule has 1 aliphatic rings. The Labute approximate surface area is 109 Å². The van der Waals surface area contributed by atoms with Crippen molar-refractivity contribution in [2.24, 2.45) is 5.92 Å². The summed E-state index contributed by atoms with van der Waals surface area (Å²) in [5.41, 5.74) is 7.78. The maximum absolute atomic E-state index is 6.10. The fraction of sp³-hybridized carbons (Fsp3) is 0.769. The van der Waals surface area contributed by atoms with E-state index in [0.717, 1.165) is 49.8 Å². The lowest BCUT2D eigenvalue weighted by Crippen LogP contribution is -2.28. The normalized spacial score (nSPS) is 21.2. The van der Waals surface area contributed by atoms with Crippen molar-refractivity contribution >= 4 is 11.5 Å². The summed E-state index contributed by atoms with van der Waals surface area (Å²) in [7, 11) is 0. The van der Waals surface area contributed by atoms with Gasteiger partial charge in [-0.25, -0.2) is 4.68 Å². The lowest BCUT2D eigenvalue weighted by molar-refractivity contribution is 0.183. The summed E-state index contributed by atoms with van der Waals surface area (Å²) in [5.74, 6) is 1.53. The van der Waals surface area contributed by atoms with Crippen LogP contribution >= 0.6 is 0 Å². The molecule has 5 heteroatoms. The molecule has 18 heavy (non-hydrogen) atoms. The second kappa shape index (κ2) is 5.61. The van der Waals surface area contributed by atoms with Gasteiger partial charge >= 0.3 is 0 Å². The lowest BCUT2D eigenvalue weighted by atomic mass is 10.0. The maximum Gasteiger partial charge on any atom is 0.148 e. The molecule has 5 nitrogen and oxygen atoms in total. The van der Waals surface area contributed by atoms with E-state index in [1.165, 1.54) is 0 Å². The van der Waals surface area contributed by atoms with Crippen molar-refractivity contribution < 1.29 is 4.74 Å². The molecule has 1 fully saturated rings. The Kier molecular flexibility index (Phi) is 4.11. The molecule has 0 radical (unpaired) electrons. The number of anilines is 2. The van der Waals surface area contributed by atoms with E-state index in [1.54, 1.807) is 0 Å². The van der Waals surface area contributed by atoms with Crippen LogP contribution in [0.15, 0.2) is 0 Å². The molecule has 3 N–H and O–H groups in total. The number of aromatic nitrogens is 2. The van der Waals surface area contributed by atoms with Gasteiger partial charge in [0, 0.05) is 25.1 Å². The highest BCUT2D eigenvalue weighted by Gasteiger charge is 2.24. The van der Waals surface area contributed by atoms with Crippen molar-refractivity contribution in [2.75, 3.05) is 24.3 Å². The van der Waals surface area contributed by atoms with Gasteiger partial charge in [0.1, 0.15) is 5.82 Å². The molecule has 0 spiro atoms. The van der Waals surface area contributed by atoms with E-state index in [9.17, 15) is 0 Å². The van der Waals surface area contributed by atoms with Crippen LogP contribution in [0.2, 0.25) is 0 Å². The van der Waals surface area contributed by atoms with Crippen LogP contribution in [0, 0.1) is 12.8 Å². The minimum Gasteiger partial charge on any atom is -0.394 e. The first-order valence-corrected chi connectivity index (χ1v) is 6.80. The monoisotopic (exact) mass is 252 g/mol. The fourth-order valence-electron chi connectivity index (χ4n) is 2.40. The van der Waals surface area contributed by atoms with Gasteiger partial charge in [0.25, 0.3) is 0 Å². The van der Waals surface area contributed by atoms with Crippen LogP contribution in [0.4, 0.5) is 11.5 Å². The first-order valence-electron chi connectivity index (χ1n) is 6.80. The predicted molar refractivity (Wildman–Crippen MR) is 73.7 cm³/mol. The van der Waals surface area contributed by atoms with E-state index in [0.29, 0.717) is 12.0 Å². The first-order chi connectivity index (χ1) is 8.63. The zero-order valence-electron chi connectivity index (χ0n) is 11.6. The van der Waals surface area contributed by atoms with E-state index < -0.39 is 0 Å². The fourth-order valence-corrected chi connectivity index (χ4v) is 2.40. The summed E-state index contributed by atoms with van der Waals surface area (Å²) in [6.07, 6.45) is 2.17.